The molecule has 1 aliphatic heterocycles. The molecule has 1 unspecified atom stereocenters. The summed E-state index contributed by atoms with van der Waals surface area (Å²) < 4.78 is 12.2. The van der Waals surface area contributed by atoms with Gasteiger partial charge in [-0.15, -0.1) is 10.2 Å². The Labute approximate surface area is 282 Å². The summed E-state index contributed by atoms with van der Waals surface area (Å²) in [5, 5.41) is 22.9. The molecular weight excluding hydrogens is 631 g/mol. The molecule has 1 aliphatic rings. The lowest BCUT2D eigenvalue weighted by molar-refractivity contribution is -0.132. The molecule has 0 saturated carbocycles. The van der Waals surface area contributed by atoms with E-state index in [1.165, 1.54) is 33.4 Å². The van der Waals surface area contributed by atoms with E-state index in [0.29, 0.717) is 45.9 Å². The van der Waals surface area contributed by atoms with Crippen LogP contribution >= 0.6 is 23.1 Å². The Kier molecular flexibility index (Phi) is 10.2. The van der Waals surface area contributed by atoms with Crippen molar-refractivity contribution in [3.8, 4) is 11.5 Å². The highest BCUT2D eigenvalue weighted by atomic mass is 32.2. The minimum atomic E-state index is -0.940. The summed E-state index contributed by atoms with van der Waals surface area (Å²) in [5.74, 6) is 0.0655. The summed E-state index contributed by atoms with van der Waals surface area (Å²) in [6, 6.07) is 27.6. The smallest absolute Gasteiger partial charge is 0.301 e. The van der Waals surface area contributed by atoms with Crippen molar-refractivity contribution in [2.24, 2.45) is 0 Å². The maximum Gasteiger partial charge on any atom is 0.301 e. The van der Waals surface area contributed by atoms with E-state index in [-0.39, 0.29) is 16.5 Å². The van der Waals surface area contributed by atoms with Gasteiger partial charge >= 0.3 is 5.91 Å². The first-order chi connectivity index (χ1) is 23.0. The van der Waals surface area contributed by atoms with Gasteiger partial charge in [-0.25, -0.2) is 0 Å². The van der Waals surface area contributed by atoms with Crippen LogP contribution < -0.4 is 14.4 Å². The fourth-order valence-corrected chi connectivity index (χ4v) is 7.48. The fraction of sp³-hybridized carbons (Fsp3) is 0.243. The number of nitrogens with zero attached hydrogens (tertiary/aromatic N) is 3. The molecule has 5 aromatic rings. The number of aromatic nitrogens is 2. The Morgan fingerprint density at radius 3 is 2.49 bits per heavy atom. The molecule has 1 atom stereocenters. The number of hydrogen-bond donors (Lipinski definition) is 1. The van der Waals surface area contributed by atoms with Gasteiger partial charge in [-0.3, -0.25) is 14.5 Å². The Morgan fingerprint density at radius 2 is 1.68 bits per heavy atom. The van der Waals surface area contributed by atoms with Crippen LogP contribution in [0.25, 0.3) is 16.5 Å². The number of carbonyl (C=O) groups is 2. The number of hydrogen-bond acceptors (Lipinski definition) is 9. The van der Waals surface area contributed by atoms with Gasteiger partial charge in [-0.1, -0.05) is 97.5 Å². The van der Waals surface area contributed by atoms with Crippen LogP contribution in [0.15, 0.2) is 101 Å². The number of aliphatic hydroxyl groups excluding tert-OH is 1. The SMILES string of the molecule is CCCCCOc1cccc(C2/C(=C(\O)c3ccc(OCC)cc3)C(=O)C(=O)N2c2nnc(SCc3cccc4ccccc34)s2)c1. The van der Waals surface area contributed by atoms with Crippen molar-refractivity contribution >= 4 is 56.5 Å². The topological polar surface area (TPSA) is 102 Å². The third kappa shape index (κ3) is 7.03. The summed E-state index contributed by atoms with van der Waals surface area (Å²) in [5.41, 5.74) is 2.15. The standard InChI is InChI=1S/C37H35N3O5S2/c1-3-5-8-21-45-29-15-10-13-26(22-29)32-31(33(41)25-17-19-28(20-18-25)44-4-2)34(42)35(43)40(32)36-38-39-37(47-36)46-23-27-14-9-12-24-11-6-7-16-30(24)27/h6-7,9-20,22,32,41H,3-5,8,21,23H2,1-2H3/b33-31+. The molecule has 47 heavy (non-hydrogen) atoms. The van der Waals surface area contributed by atoms with Crippen LogP contribution in [0.2, 0.25) is 0 Å². The molecule has 2 heterocycles. The second-order valence-electron chi connectivity index (χ2n) is 11.0. The summed E-state index contributed by atoms with van der Waals surface area (Å²) in [6.07, 6.45) is 3.05. The van der Waals surface area contributed by atoms with E-state index < -0.39 is 17.7 Å². The fourth-order valence-electron chi connectivity index (χ4n) is 5.61. The Balaban J connectivity index is 1.35. The number of ether oxygens (including phenoxy) is 2. The molecule has 6 rings (SSSR count). The number of carbonyl (C=O) groups excluding carboxylic acids is 2. The van der Waals surface area contributed by atoms with Gasteiger partial charge in [0, 0.05) is 11.3 Å². The highest BCUT2D eigenvalue weighted by Crippen LogP contribution is 2.45. The van der Waals surface area contributed by atoms with Crippen molar-refractivity contribution in [2.75, 3.05) is 18.1 Å². The van der Waals surface area contributed by atoms with Crippen molar-refractivity contribution in [1.29, 1.82) is 0 Å². The van der Waals surface area contributed by atoms with E-state index in [9.17, 15) is 14.7 Å². The second kappa shape index (κ2) is 14.8. The maximum absolute atomic E-state index is 13.8. The number of thioether (sulfide) groups is 1. The number of fused-ring (bicyclic) bond motifs is 1. The first-order valence-corrected chi connectivity index (χ1v) is 17.5. The molecule has 1 N–H and O–H groups in total. The van der Waals surface area contributed by atoms with Gasteiger partial charge in [0.2, 0.25) is 5.13 Å². The van der Waals surface area contributed by atoms with Crippen LogP contribution in [-0.2, 0) is 15.3 Å². The van der Waals surface area contributed by atoms with E-state index in [0.717, 1.165) is 30.2 Å². The van der Waals surface area contributed by atoms with Gasteiger partial charge in [0.25, 0.3) is 5.78 Å². The maximum atomic E-state index is 13.8. The van der Waals surface area contributed by atoms with E-state index >= 15 is 0 Å². The minimum absolute atomic E-state index is 0.0255. The number of unbranched alkanes of at least 4 members (excludes halogenated alkanes) is 2. The van der Waals surface area contributed by atoms with Gasteiger partial charge < -0.3 is 14.6 Å². The molecule has 1 fully saturated rings. The minimum Gasteiger partial charge on any atom is -0.507 e. The van der Waals surface area contributed by atoms with Crippen LogP contribution in [0.4, 0.5) is 5.13 Å². The van der Waals surface area contributed by atoms with Crippen LogP contribution in [-0.4, -0.2) is 40.2 Å². The molecule has 0 aliphatic carbocycles. The average molecular weight is 666 g/mol. The molecule has 0 bridgehead atoms. The zero-order valence-electron chi connectivity index (χ0n) is 26.2. The average Bonchev–Trinajstić information content (AvgIpc) is 3.67. The molecule has 10 heteroatoms. The predicted octanol–water partition coefficient (Wildman–Crippen LogP) is 8.58. The lowest BCUT2D eigenvalue weighted by Crippen LogP contribution is -2.29. The van der Waals surface area contributed by atoms with Gasteiger partial charge in [-0.05, 0) is 71.6 Å². The van der Waals surface area contributed by atoms with Crippen LogP contribution in [0.1, 0.15) is 55.8 Å². The van der Waals surface area contributed by atoms with Gasteiger partial charge in [0.05, 0.1) is 24.8 Å². The normalized spacial score (nSPS) is 15.8. The highest BCUT2D eigenvalue weighted by molar-refractivity contribution is 8.00. The lowest BCUT2D eigenvalue weighted by Gasteiger charge is -2.23. The molecule has 0 spiro atoms. The molecule has 1 aromatic heterocycles. The summed E-state index contributed by atoms with van der Waals surface area (Å²) >= 11 is 2.76. The first kappa shape index (κ1) is 32.3. The number of benzene rings is 4. The quantitative estimate of drug-likeness (QED) is 0.0333. The van der Waals surface area contributed by atoms with Crippen LogP contribution in [0.3, 0.4) is 0 Å². The zero-order valence-corrected chi connectivity index (χ0v) is 27.9. The second-order valence-corrected chi connectivity index (χ2v) is 13.2. The molecule has 240 valence electrons. The number of rotatable bonds is 13. The zero-order chi connectivity index (χ0) is 32.8. The Morgan fingerprint density at radius 1 is 0.894 bits per heavy atom. The van der Waals surface area contributed by atoms with Crippen LogP contribution in [0, 0.1) is 0 Å². The summed E-state index contributed by atoms with van der Waals surface area (Å²) in [4.78, 5) is 28.8. The van der Waals surface area contributed by atoms with Gasteiger partial charge in [-0.2, -0.15) is 0 Å². The number of amides is 1. The predicted molar refractivity (Wildman–Crippen MR) is 187 cm³/mol. The molecule has 0 radical (unpaired) electrons. The summed E-state index contributed by atoms with van der Waals surface area (Å²) in [6.45, 7) is 5.07. The molecule has 8 nitrogen and oxygen atoms in total. The van der Waals surface area contributed by atoms with E-state index in [2.05, 4.69) is 41.4 Å². The van der Waals surface area contributed by atoms with E-state index in [4.69, 9.17) is 9.47 Å². The van der Waals surface area contributed by atoms with Crippen molar-refractivity contribution < 1.29 is 24.2 Å². The molecule has 1 saturated heterocycles. The third-order valence-corrected chi connectivity index (χ3v) is 10.0. The molecule has 4 aromatic carbocycles. The molecule has 1 amide bonds. The number of aliphatic hydroxyl groups is 1. The lowest BCUT2D eigenvalue weighted by atomic mass is 9.95. The van der Waals surface area contributed by atoms with E-state index in [1.807, 2.05) is 49.4 Å². The van der Waals surface area contributed by atoms with Crippen molar-refractivity contribution in [3.63, 3.8) is 0 Å². The largest absolute Gasteiger partial charge is 0.507 e. The van der Waals surface area contributed by atoms with Gasteiger partial charge in [0.1, 0.15) is 17.3 Å². The van der Waals surface area contributed by atoms with Crippen molar-refractivity contribution in [1.82, 2.24) is 10.2 Å². The number of ketones is 1. The van der Waals surface area contributed by atoms with E-state index in [1.54, 1.807) is 24.3 Å². The first-order valence-electron chi connectivity index (χ1n) is 15.7. The third-order valence-electron chi connectivity index (χ3n) is 7.91. The summed E-state index contributed by atoms with van der Waals surface area (Å²) in [7, 11) is 0. The van der Waals surface area contributed by atoms with Crippen LogP contribution in [0.5, 0.6) is 11.5 Å². The van der Waals surface area contributed by atoms with Gasteiger partial charge in [0.15, 0.2) is 4.34 Å². The highest BCUT2D eigenvalue weighted by Gasteiger charge is 2.48. The Bertz CT molecular complexity index is 1920. The number of Topliss-reactive ketones (excluding diaryl/α,β-unsaturated/α-hetero) is 1. The Hall–Kier alpha value is -4.67. The monoisotopic (exact) mass is 665 g/mol. The van der Waals surface area contributed by atoms with Crippen molar-refractivity contribution in [3.05, 3.63) is 113 Å². The van der Waals surface area contributed by atoms with Crippen molar-refractivity contribution in [2.45, 2.75) is 49.2 Å². The number of anilines is 1. The molecular formula is C37H35N3O5S2.